The molecule has 0 radical (unpaired) electrons. The van der Waals surface area contributed by atoms with Gasteiger partial charge in [-0.05, 0) is 47.4 Å². The number of carbonyl (C=O) groups excluding carboxylic acids is 2. The molecule has 1 N–H and O–H groups in total. The van der Waals surface area contributed by atoms with Gasteiger partial charge in [0.2, 0.25) is 0 Å². The van der Waals surface area contributed by atoms with Crippen LogP contribution < -0.4 is 4.74 Å². The van der Waals surface area contributed by atoms with Crippen molar-refractivity contribution in [3.8, 4) is 5.75 Å². The summed E-state index contributed by atoms with van der Waals surface area (Å²) in [5, 5.41) is 10.9. The SMILES string of the molecule is COC(=O)c1ccc(C2C(c3ccc(OC)cc3)=C(O)C(=O)N2CCc2ccccc2)cc1. The minimum Gasteiger partial charge on any atom is -0.503 e. The van der Waals surface area contributed by atoms with Crippen molar-refractivity contribution in [1.29, 1.82) is 0 Å². The Morgan fingerprint density at radius 1 is 0.939 bits per heavy atom. The van der Waals surface area contributed by atoms with Crippen LogP contribution in [0.5, 0.6) is 5.75 Å². The Bertz CT molecular complexity index is 1170. The molecule has 0 spiro atoms. The van der Waals surface area contributed by atoms with Crippen LogP contribution >= 0.6 is 0 Å². The zero-order valence-corrected chi connectivity index (χ0v) is 18.5. The lowest BCUT2D eigenvalue weighted by Gasteiger charge is -2.27. The van der Waals surface area contributed by atoms with E-state index in [0.717, 1.165) is 16.7 Å². The van der Waals surface area contributed by atoms with Gasteiger partial charge < -0.3 is 19.5 Å². The fraction of sp³-hybridized carbons (Fsp3) is 0.185. The van der Waals surface area contributed by atoms with Crippen LogP contribution in [0.1, 0.15) is 33.1 Å². The quantitative estimate of drug-likeness (QED) is 0.541. The Morgan fingerprint density at radius 2 is 1.61 bits per heavy atom. The summed E-state index contributed by atoms with van der Waals surface area (Å²) < 4.78 is 10.0. The largest absolute Gasteiger partial charge is 0.503 e. The molecule has 6 nitrogen and oxygen atoms in total. The van der Waals surface area contributed by atoms with Crippen LogP contribution in [0, 0.1) is 0 Å². The first-order valence-corrected chi connectivity index (χ1v) is 10.6. The van der Waals surface area contributed by atoms with Crippen molar-refractivity contribution in [2.45, 2.75) is 12.5 Å². The van der Waals surface area contributed by atoms with Crippen LogP contribution in [0.25, 0.3) is 5.57 Å². The highest BCUT2D eigenvalue weighted by molar-refractivity contribution is 6.05. The van der Waals surface area contributed by atoms with Crippen LogP contribution in [0.3, 0.4) is 0 Å². The Morgan fingerprint density at radius 3 is 2.21 bits per heavy atom. The molecule has 33 heavy (non-hydrogen) atoms. The fourth-order valence-corrected chi connectivity index (χ4v) is 4.11. The summed E-state index contributed by atoms with van der Waals surface area (Å²) in [6.07, 6.45) is 0.645. The van der Waals surface area contributed by atoms with Crippen molar-refractivity contribution in [2.75, 3.05) is 20.8 Å². The van der Waals surface area contributed by atoms with Gasteiger partial charge in [0.15, 0.2) is 5.76 Å². The minimum atomic E-state index is -0.499. The maximum atomic E-state index is 13.2. The number of nitrogens with zero attached hydrogens (tertiary/aromatic N) is 1. The number of ether oxygens (including phenoxy) is 2. The molecule has 6 heteroatoms. The van der Waals surface area contributed by atoms with Gasteiger partial charge in [0.05, 0.1) is 25.8 Å². The molecule has 4 rings (SSSR count). The Hall–Kier alpha value is -4.06. The highest BCUT2D eigenvalue weighted by atomic mass is 16.5. The molecule has 1 heterocycles. The van der Waals surface area contributed by atoms with Gasteiger partial charge in [0.25, 0.3) is 5.91 Å². The van der Waals surface area contributed by atoms with E-state index in [9.17, 15) is 14.7 Å². The maximum absolute atomic E-state index is 13.2. The van der Waals surface area contributed by atoms with Gasteiger partial charge in [-0.15, -0.1) is 0 Å². The number of carbonyl (C=O) groups is 2. The average Bonchev–Trinajstić information content (AvgIpc) is 3.12. The number of aliphatic hydroxyl groups is 1. The molecular weight excluding hydrogens is 418 g/mol. The average molecular weight is 443 g/mol. The Labute approximate surface area is 192 Å². The summed E-state index contributed by atoms with van der Waals surface area (Å²) >= 11 is 0. The smallest absolute Gasteiger partial charge is 0.337 e. The lowest BCUT2D eigenvalue weighted by atomic mass is 9.92. The van der Waals surface area contributed by atoms with Crippen LogP contribution in [-0.4, -0.2) is 42.6 Å². The van der Waals surface area contributed by atoms with E-state index < -0.39 is 17.9 Å². The third kappa shape index (κ3) is 4.46. The number of hydrogen-bond acceptors (Lipinski definition) is 5. The lowest BCUT2D eigenvalue weighted by molar-refractivity contribution is -0.129. The van der Waals surface area contributed by atoms with Gasteiger partial charge in [0, 0.05) is 12.1 Å². The maximum Gasteiger partial charge on any atom is 0.337 e. The number of aliphatic hydroxyl groups excluding tert-OH is 1. The summed E-state index contributed by atoms with van der Waals surface area (Å²) in [4.78, 5) is 26.7. The molecule has 1 amide bonds. The fourth-order valence-electron chi connectivity index (χ4n) is 4.11. The molecule has 0 saturated carbocycles. The van der Waals surface area contributed by atoms with Crippen LogP contribution in [0.2, 0.25) is 0 Å². The zero-order valence-electron chi connectivity index (χ0n) is 18.5. The first-order valence-electron chi connectivity index (χ1n) is 10.6. The number of benzene rings is 3. The van der Waals surface area contributed by atoms with Crippen molar-refractivity contribution < 1.29 is 24.2 Å². The summed E-state index contributed by atoms with van der Waals surface area (Å²) in [6, 6.07) is 23.6. The molecule has 0 aromatic heterocycles. The van der Waals surface area contributed by atoms with Gasteiger partial charge in [-0.3, -0.25) is 4.79 Å². The summed E-state index contributed by atoms with van der Waals surface area (Å²) in [5.74, 6) is -0.434. The lowest BCUT2D eigenvalue weighted by Crippen LogP contribution is -2.32. The van der Waals surface area contributed by atoms with Crippen LogP contribution in [0.4, 0.5) is 0 Å². The van der Waals surface area contributed by atoms with Gasteiger partial charge in [0.1, 0.15) is 5.75 Å². The minimum absolute atomic E-state index is 0.268. The summed E-state index contributed by atoms with van der Waals surface area (Å²) in [7, 11) is 2.92. The first-order chi connectivity index (χ1) is 16.0. The van der Waals surface area contributed by atoms with Gasteiger partial charge >= 0.3 is 5.97 Å². The second-order valence-electron chi connectivity index (χ2n) is 7.74. The van der Waals surface area contributed by atoms with Crippen molar-refractivity contribution >= 4 is 17.4 Å². The van der Waals surface area contributed by atoms with E-state index in [4.69, 9.17) is 9.47 Å². The Kier molecular flexibility index (Phi) is 6.45. The highest BCUT2D eigenvalue weighted by Crippen LogP contribution is 2.43. The van der Waals surface area contributed by atoms with E-state index in [1.807, 2.05) is 42.5 Å². The molecule has 1 atom stereocenters. The number of hydrogen-bond donors (Lipinski definition) is 1. The summed E-state index contributed by atoms with van der Waals surface area (Å²) in [5.41, 5.74) is 3.56. The monoisotopic (exact) mass is 443 g/mol. The van der Waals surface area contributed by atoms with E-state index in [2.05, 4.69) is 0 Å². The van der Waals surface area contributed by atoms with Crippen molar-refractivity contribution in [2.24, 2.45) is 0 Å². The van der Waals surface area contributed by atoms with E-state index >= 15 is 0 Å². The number of esters is 1. The van der Waals surface area contributed by atoms with E-state index in [-0.39, 0.29) is 5.76 Å². The molecule has 0 saturated heterocycles. The van der Waals surface area contributed by atoms with Gasteiger partial charge in [-0.2, -0.15) is 0 Å². The molecule has 0 aliphatic carbocycles. The number of methoxy groups -OCH3 is 2. The third-order valence-electron chi connectivity index (χ3n) is 5.84. The van der Waals surface area contributed by atoms with Crippen LogP contribution in [-0.2, 0) is 16.0 Å². The molecule has 0 bridgehead atoms. The van der Waals surface area contributed by atoms with Gasteiger partial charge in [-0.25, -0.2) is 4.79 Å². The standard InChI is InChI=1S/C27H25NO5/c1-32-22-14-12-19(13-15-22)23-24(20-8-10-21(11-9-20)27(31)33-2)28(26(30)25(23)29)17-16-18-6-4-3-5-7-18/h3-15,24,29H,16-17H2,1-2H3. The topological polar surface area (TPSA) is 76.1 Å². The first kappa shape index (κ1) is 22.1. The van der Waals surface area contributed by atoms with Crippen molar-refractivity contribution in [3.63, 3.8) is 0 Å². The molecule has 168 valence electrons. The summed E-state index contributed by atoms with van der Waals surface area (Å²) in [6.45, 7) is 0.427. The molecule has 1 unspecified atom stereocenters. The number of amides is 1. The predicted octanol–water partition coefficient (Wildman–Crippen LogP) is 4.58. The van der Waals surface area contributed by atoms with Crippen molar-refractivity contribution in [1.82, 2.24) is 4.90 Å². The molecule has 3 aromatic rings. The zero-order chi connectivity index (χ0) is 23.4. The second kappa shape index (κ2) is 9.61. The third-order valence-corrected chi connectivity index (χ3v) is 5.84. The predicted molar refractivity (Wildman–Crippen MR) is 125 cm³/mol. The Balaban J connectivity index is 1.73. The molecule has 0 fully saturated rings. The van der Waals surface area contributed by atoms with Gasteiger partial charge in [-0.1, -0.05) is 54.6 Å². The van der Waals surface area contributed by atoms with Crippen LogP contribution in [0.15, 0.2) is 84.6 Å². The molecule has 1 aliphatic rings. The molecular formula is C27H25NO5. The van der Waals surface area contributed by atoms with E-state index in [1.165, 1.54) is 7.11 Å². The van der Waals surface area contributed by atoms with E-state index in [1.54, 1.807) is 48.4 Å². The molecule has 3 aromatic carbocycles. The number of rotatable bonds is 7. The highest BCUT2D eigenvalue weighted by Gasteiger charge is 2.40. The normalized spacial score (nSPS) is 15.6. The second-order valence-corrected chi connectivity index (χ2v) is 7.74. The molecule has 1 aliphatic heterocycles. The van der Waals surface area contributed by atoms with E-state index in [0.29, 0.717) is 29.9 Å². The van der Waals surface area contributed by atoms with Crippen molar-refractivity contribution in [3.05, 3.63) is 107 Å².